The summed E-state index contributed by atoms with van der Waals surface area (Å²) >= 11 is 5.18. The molecule has 0 radical (unpaired) electrons. The van der Waals surface area contributed by atoms with Gasteiger partial charge in [-0.3, -0.25) is 0 Å². The lowest BCUT2D eigenvalue weighted by Gasteiger charge is -2.19. The molecule has 1 aromatic rings. The number of furan rings is 1. The third-order valence-corrected chi connectivity index (χ3v) is 2.36. The topological polar surface area (TPSA) is 37.6 Å². The van der Waals surface area contributed by atoms with E-state index < -0.39 is 0 Å². The van der Waals surface area contributed by atoms with Crippen LogP contribution in [0.15, 0.2) is 22.8 Å². The van der Waals surface area contributed by atoms with Gasteiger partial charge < -0.3 is 19.4 Å². The Morgan fingerprint density at radius 3 is 3.07 bits per heavy atom. The molecule has 0 aliphatic rings. The summed E-state index contributed by atoms with van der Waals surface area (Å²) in [6.45, 7) is 2.04. The largest absolute Gasteiger partial charge is 0.467 e. The molecule has 15 heavy (non-hydrogen) atoms. The Balaban J connectivity index is 2.27. The zero-order valence-electron chi connectivity index (χ0n) is 9.03. The zero-order valence-corrected chi connectivity index (χ0v) is 9.84. The summed E-state index contributed by atoms with van der Waals surface area (Å²) in [5.41, 5.74) is 0. The number of nitrogens with zero attached hydrogens (tertiary/aromatic N) is 1. The van der Waals surface area contributed by atoms with Crippen molar-refractivity contribution in [1.29, 1.82) is 0 Å². The van der Waals surface area contributed by atoms with Gasteiger partial charge in [-0.15, -0.1) is 0 Å². The first kappa shape index (κ1) is 12.0. The van der Waals surface area contributed by atoms with Crippen LogP contribution in [-0.2, 0) is 11.3 Å². The Morgan fingerprint density at radius 1 is 1.67 bits per heavy atom. The minimum Gasteiger partial charge on any atom is -0.467 e. The molecule has 1 aromatic heterocycles. The van der Waals surface area contributed by atoms with Crippen molar-refractivity contribution in [2.45, 2.75) is 6.54 Å². The van der Waals surface area contributed by atoms with Gasteiger partial charge in [0.05, 0.1) is 19.4 Å². The van der Waals surface area contributed by atoms with Crippen LogP contribution in [0, 0.1) is 0 Å². The molecule has 4 nitrogen and oxygen atoms in total. The number of hydrogen-bond donors (Lipinski definition) is 1. The number of methoxy groups -OCH3 is 1. The van der Waals surface area contributed by atoms with Gasteiger partial charge in [0.1, 0.15) is 5.76 Å². The van der Waals surface area contributed by atoms with Crippen LogP contribution in [-0.4, -0.2) is 37.3 Å². The van der Waals surface area contributed by atoms with Crippen LogP contribution in [0.25, 0.3) is 0 Å². The van der Waals surface area contributed by atoms with Crippen molar-refractivity contribution < 1.29 is 9.15 Å². The van der Waals surface area contributed by atoms with Gasteiger partial charge in [-0.05, 0) is 24.4 Å². The summed E-state index contributed by atoms with van der Waals surface area (Å²) in [5, 5.41) is 3.78. The Bertz CT molecular complexity index is 288. The van der Waals surface area contributed by atoms with Gasteiger partial charge in [0.2, 0.25) is 0 Å². The van der Waals surface area contributed by atoms with Crippen molar-refractivity contribution in [2.24, 2.45) is 0 Å². The van der Waals surface area contributed by atoms with Crippen LogP contribution in [0.1, 0.15) is 5.76 Å². The molecule has 0 saturated heterocycles. The lowest BCUT2D eigenvalue weighted by molar-refractivity contribution is 0.203. The van der Waals surface area contributed by atoms with Gasteiger partial charge in [-0.1, -0.05) is 0 Å². The van der Waals surface area contributed by atoms with Gasteiger partial charge in [-0.2, -0.15) is 0 Å². The Kier molecular flexibility index (Phi) is 5.14. The molecule has 84 valence electrons. The molecule has 0 fully saturated rings. The van der Waals surface area contributed by atoms with Crippen LogP contribution >= 0.6 is 12.2 Å². The molecular formula is C10H16N2O2S. The Hall–Kier alpha value is -1.07. The maximum absolute atomic E-state index is 5.23. The SMILES string of the molecule is COCCNC(=S)N(C)Cc1ccco1. The standard InChI is InChI=1S/C10H16N2O2S/c1-12(8-9-4-3-6-14-9)10(15)11-5-7-13-2/h3-4,6H,5,7-8H2,1-2H3,(H,11,15). The van der Waals surface area contributed by atoms with Crippen molar-refractivity contribution >= 4 is 17.3 Å². The predicted octanol–water partition coefficient (Wildman–Crippen LogP) is 1.23. The summed E-state index contributed by atoms with van der Waals surface area (Å²) in [6, 6.07) is 3.79. The molecule has 0 aromatic carbocycles. The molecule has 0 bridgehead atoms. The normalized spacial score (nSPS) is 10.0. The van der Waals surface area contributed by atoms with Crippen LogP contribution in [0.2, 0.25) is 0 Å². The van der Waals surface area contributed by atoms with E-state index in [4.69, 9.17) is 21.4 Å². The number of rotatable bonds is 5. The van der Waals surface area contributed by atoms with Crippen LogP contribution < -0.4 is 5.32 Å². The van der Waals surface area contributed by atoms with Crippen molar-refractivity contribution in [3.63, 3.8) is 0 Å². The summed E-state index contributed by atoms with van der Waals surface area (Å²) in [6.07, 6.45) is 1.66. The van der Waals surface area contributed by atoms with Crippen molar-refractivity contribution in [1.82, 2.24) is 10.2 Å². The van der Waals surface area contributed by atoms with E-state index in [-0.39, 0.29) is 0 Å². The van der Waals surface area contributed by atoms with E-state index in [0.717, 1.165) is 12.3 Å². The number of thiocarbonyl (C=S) groups is 1. The molecule has 0 aliphatic heterocycles. The highest BCUT2D eigenvalue weighted by Crippen LogP contribution is 2.03. The maximum Gasteiger partial charge on any atom is 0.169 e. The third kappa shape index (κ3) is 4.31. The molecule has 0 atom stereocenters. The number of hydrogen-bond acceptors (Lipinski definition) is 3. The predicted molar refractivity (Wildman–Crippen MR) is 62.7 cm³/mol. The zero-order chi connectivity index (χ0) is 11.1. The lowest BCUT2D eigenvalue weighted by Crippen LogP contribution is -2.38. The highest BCUT2D eigenvalue weighted by Gasteiger charge is 2.05. The molecule has 5 heteroatoms. The van der Waals surface area contributed by atoms with E-state index in [1.165, 1.54) is 0 Å². The quantitative estimate of drug-likeness (QED) is 0.606. The van der Waals surface area contributed by atoms with E-state index >= 15 is 0 Å². The Morgan fingerprint density at radius 2 is 2.47 bits per heavy atom. The molecular weight excluding hydrogens is 212 g/mol. The van der Waals surface area contributed by atoms with Gasteiger partial charge in [0.15, 0.2) is 5.11 Å². The molecule has 1 heterocycles. The average Bonchev–Trinajstić information content (AvgIpc) is 2.70. The minimum atomic E-state index is 0.648. The number of nitrogens with one attached hydrogen (secondary N) is 1. The highest BCUT2D eigenvalue weighted by atomic mass is 32.1. The molecule has 1 N–H and O–H groups in total. The summed E-state index contributed by atoms with van der Waals surface area (Å²) in [4.78, 5) is 1.92. The highest BCUT2D eigenvalue weighted by molar-refractivity contribution is 7.80. The summed E-state index contributed by atoms with van der Waals surface area (Å²) < 4.78 is 10.1. The molecule has 0 amide bonds. The second kappa shape index (κ2) is 6.42. The monoisotopic (exact) mass is 228 g/mol. The molecule has 0 aliphatic carbocycles. The second-order valence-electron chi connectivity index (χ2n) is 3.16. The van der Waals surface area contributed by atoms with Gasteiger partial charge >= 0.3 is 0 Å². The van der Waals surface area contributed by atoms with Gasteiger partial charge in [0, 0.05) is 20.7 Å². The van der Waals surface area contributed by atoms with Crippen molar-refractivity contribution in [3.8, 4) is 0 Å². The molecule has 0 saturated carbocycles. The maximum atomic E-state index is 5.23. The fraction of sp³-hybridized carbons (Fsp3) is 0.500. The molecule has 0 spiro atoms. The van der Waals surface area contributed by atoms with Crippen molar-refractivity contribution in [2.75, 3.05) is 27.3 Å². The van der Waals surface area contributed by atoms with E-state index in [9.17, 15) is 0 Å². The van der Waals surface area contributed by atoms with Crippen LogP contribution in [0.5, 0.6) is 0 Å². The van der Waals surface area contributed by atoms with Gasteiger partial charge in [0.25, 0.3) is 0 Å². The average molecular weight is 228 g/mol. The van der Waals surface area contributed by atoms with Crippen LogP contribution in [0.3, 0.4) is 0 Å². The Labute approximate surface area is 95.2 Å². The number of ether oxygens (including phenoxy) is 1. The first-order chi connectivity index (χ1) is 7.24. The summed E-state index contributed by atoms with van der Waals surface area (Å²) in [5.74, 6) is 0.897. The fourth-order valence-corrected chi connectivity index (χ4v) is 1.27. The van der Waals surface area contributed by atoms with E-state index in [2.05, 4.69) is 5.32 Å². The van der Waals surface area contributed by atoms with E-state index in [0.29, 0.717) is 18.3 Å². The van der Waals surface area contributed by atoms with E-state index in [1.54, 1.807) is 13.4 Å². The molecule has 1 rings (SSSR count). The minimum absolute atomic E-state index is 0.648. The molecule has 0 unspecified atom stereocenters. The first-order valence-corrected chi connectivity index (χ1v) is 5.15. The van der Waals surface area contributed by atoms with Gasteiger partial charge in [-0.25, -0.2) is 0 Å². The van der Waals surface area contributed by atoms with E-state index in [1.807, 2.05) is 24.1 Å². The fourth-order valence-electron chi connectivity index (χ4n) is 1.10. The lowest BCUT2D eigenvalue weighted by atomic mass is 10.4. The summed E-state index contributed by atoms with van der Waals surface area (Å²) in [7, 11) is 3.59. The smallest absolute Gasteiger partial charge is 0.169 e. The van der Waals surface area contributed by atoms with Crippen LogP contribution in [0.4, 0.5) is 0 Å². The first-order valence-electron chi connectivity index (χ1n) is 4.74. The second-order valence-corrected chi connectivity index (χ2v) is 3.55. The van der Waals surface area contributed by atoms with Crippen molar-refractivity contribution in [3.05, 3.63) is 24.2 Å². The third-order valence-electron chi connectivity index (χ3n) is 1.90.